The van der Waals surface area contributed by atoms with Gasteiger partial charge >= 0.3 is 0 Å². The van der Waals surface area contributed by atoms with Crippen LogP contribution in [0.2, 0.25) is 0 Å². The van der Waals surface area contributed by atoms with Crippen LogP contribution in [0.4, 0.5) is 0 Å². The van der Waals surface area contributed by atoms with Gasteiger partial charge in [-0.05, 0) is 32.9 Å². The standard InChI is InChI=1S/C6H12ClN/c1-6(7)8-4-2-3-5-8/h6H,2-5H2,1H3. The molecule has 2 heteroatoms. The van der Waals surface area contributed by atoms with E-state index < -0.39 is 0 Å². The smallest absolute Gasteiger partial charge is 0.0821 e. The van der Waals surface area contributed by atoms with Gasteiger partial charge in [-0.2, -0.15) is 0 Å². The zero-order valence-electron chi connectivity index (χ0n) is 5.23. The van der Waals surface area contributed by atoms with E-state index >= 15 is 0 Å². The van der Waals surface area contributed by atoms with E-state index in [4.69, 9.17) is 11.6 Å². The number of halogens is 1. The Hall–Kier alpha value is 0.250. The summed E-state index contributed by atoms with van der Waals surface area (Å²) in [6.45, 7) is 4.43. The SMILES string of the molecule is CC(Cl)N1CCCC1. The quantitative estimate of drug-likeness (QED) is 0.389. The summed E-state index contributed by atoms with van der Waals surface area (Å²) in [5.41, 5.74) is 0.248. The van der Waals surface area contributed by atoms with E-state index in [9.17, 15) is 0 Å². The average Bonchev–Trinajstić information content (AvgIpc) is 2.12. The number of likely N-dealkylation sites (tertiary alicyclic amines) is 1. The lowest BCUT2D eigenvalue weighted by Crippen LogP contribution is -2.24. The molecule has 0 N–H and O–H groups in total. The Morgan fingerprint density at radius 2 is 1.88 bits per heavy atom. The molecular weight excluding hydrogens is 122 g/mol. The molecule has 0 aliphatic carbocycles. The number of nitrogens with zero attached hydrogens (tertiary/aromatic N) is 1. The number of hydrogen-bond donors (Lipinski definition) is 0. The molecule has 0 spiro atoms. The zero-order chi connectivity index (χ0) is 5.98. The molecule has 0 amide bonds. The van der Waals surface area contributed by atoms with Gasteiger partial charge in [-0.3, -0.25) is 4.90 Å². The Balaban J connectivity index is 2.24. The lowest BCUT2D eigenvalue weighted by atomic mass is 10.4. The van der Waals surface area contributed by atoms with Gasteiger partial charge in [0.05, 0.1) is 5.50 Å². The molecule has 0 radical (unpaired) electrons. The number of hydrogen-bond acceptors (Lipinski definition) is 1. The third-order valence-electron chi connectivity index (χ3n) is 1.64. The molecule has 1 nitrogen and oxygen atoms in total. The van der Waals surface area contributed by atoms with Crippen LogP contribution in [-0.2, 0) is 0 Å². The maximum absolute atomic E-state index is 5.81. The summed E-state index contributed by atoms with van der Waals surface area (Å²) < 4.78 is 0. The first-order valence-electron chi connectivity index (χ1n) is 3.19. The molecule has 0 aromatic heterocycles. The van der Waals surface area contributed by atoms with Gasteiger partial charge in [-0.1, -0.05) is 0 Å². The molecule has 1 unspecified atom stereocenters. The molecule has 1 aliphatic heterocycles. The van der Waals surface area contributed by atoms with Crippen molar-refractivity contribution < 1.29 is 0 Å². The van der Waals surface area contributed by atoms with Crippen LogP contribution in [0.5, 0.6) is 0 Å². The van der Waals surface area contributed by atoms with Crippen molar-refractivity contribution in [1.82, 2.24) is 4.90 Å². The molecule has 48 valence electrons. The van der Waals surface area contributed by atoms with Gasteiger partial charge < -0.3 is 0 Å². The monoisotopic (exact) mass is 133 g/mol. The highest BCUT2D eigenvalue weighted by molar-refractivity contribution is 6.20. The summed E-state index contributed by atoms with van der Waals surface area (Å²) in [6, 6.07) is 0. The fraction of sp³-hybridized carbons (Fsp3) is 1.00. The largest absolute Gasteiger partial charge is 0.288 e. The Morgan fingerprint density at radius 3 is 2.12 bits per heavy atom. The Bertz CT molecular complexity index is 66.9. The minimum Gasteiger partial charge on any atom is -0.288 e. The van der Waals surface area contributed by atoms with Gasteiger partial charge in [0.2, 0.25) is 0 Å². The lowest BCUT2D eigenvalue weighted by molar-refractivity contribution is 0.327. The molecule has 1 rings (SSSR count). The molecule has 8 heavy (non-hydrogen) atoms. The van der Waals surface area contributed by atoms with Crippen LogP contribution < -0.4 is 0 Å². The van der Waals surface area contributed by atoms with E-state index in [0.29, 0.717) is 0 Å². The average molecular weight is 134 g/mol. The molecule has 1 saturated heterocycles. The first-order chi connectivity index (χ1) is 3.80. The van der Waals surface area contributed by atoms with Crippen molar-refractivity contribution in [2.45, 2.75) is 25.3 Å². The van der Waals surface area contributed by atoms with Crippen LogP contribution in [0.3, 0.4) is 0 Å². The second kappa shape index (κ2) is 2.70. The number of rotatable bonds is 1. The molecule has 0 saturated carbocycles. The summed E-state index contributed by atoms with van der Waals surface area (Å²) >= 11 is 5.81. The molecule has 1 fully saturated rings. The predicted molar refractivity (Wildman–Crippen MR) is 36.1 cm³/mol. The van der Waals surface area contributed by atoms with E-state index in [1.54, 1.807) is 0 Å². The highest BCUT2D eigenvalue weighted by atomic mass is 35.5. The van der Waals surface area contributed by atoms with Crippen LogP contribution >= 0.6 is 11.6 Å². The van der Waals surface area contributed by atoms with Crippen molar-refractivity contribution in [2.24, 2.45) is 0 Å². The maximum Gasteiger partial charge on any atom is 0.0821 e. The Kier molecular flexibility index (Phi) is 2.15. The van der Waals surface area contributed by atoms with E-state index in [1.807, 2.05) is 6.92 Å². The van der Waals surface area contributed by atoms with E-state index in [1.165, 1.54) is 25.9 Å². The van der Waals surface area contributed by atoms with Crippen molar-refractivity contribution in [1.29, 1.82) is 0 Å². The van der Waals surface area contributed by atoms with Crippen molar-refractivity contribution in [2.75, 3.05) is 13.1 Å². The third kappa shape index (κ3) is 1.36. The summed E-state index contributed by atoms with van der Waals surface area (Å²) in [4.78, 5) is 2.29. The first-order valence-corrected chi connectivity index (χ1v) is 3.62. The molecule has 1 aliphatic rings. The second-order valence-electron chi connectivity index (χ2n) is 2.32. The van der Waals surface area contributed by atoms with Crippen LogP contribution in [0, 0.1) is 0 Å². The summed E-state index contributed by atoms with van der Waals surface area (Å²) in [5.74, 6) is 0. The lowest BCUT2D eigenvalue weighted by Gasteiger charge is -2.16. The Morgan fingerprint density at radius 1 is 1.38 bits per heavy atom. The minimum atomic E-state index is 0.248. The van der Waals surface area contributed by atoms with Crippen LogP contribution in [-0.4, -0.2) is 23.5 Å². The highest BCUT2D eigenvalue weighted by Gasteiger charge is 2.14. The van der Waals surface area contributed by atoms with Gasteiger partial charge in [0.25, 0.3) is 0 Å². The third-order valence-corrected chi connectivity index (χ3v) is 1.92. The van der Waals surface area contributed by atoms with Crippen molar-refractivity contribution in [3.05, 3.63) is 0 Å². The van der Waals surface area contributed by atoms with Gasteiger partial charge in [-0.25, -0.2) is 0 Å². The maximum atomic E-state index is 5.81. The molecule has 0 bridgehead atoms. The predicted octanol–water partition coefficient (Wildman–Crippen LogP) is 1.67. The molecule has 1 heterocycles. The Labute approximate surface area is 55.6 Å². The summed E-state index contributed by atoms with van der Waals surface area (Å²) in [5, 5.41) is 0. The van der Waals surface area contributed by atoms with Gasteiger partial charge in [0.1, 0.15) is 0 Å². The van der Waals surface area contributed by atoms with Gasteiger partial charge in [0, 0.05) is 0 Å². The summed E-state index contributed by atoms with van der Waals surface area (Å²) in [7, 11) is 0. The van der Waals surface area contributed by atoms with Gasteiger partial charge in [-0.15, -0.1) is 11.6 Å². The van der Waals surface area contributed by atoms with Crippen LogP contribution in [0.15, 0.2) is 0 Å². The van der Waals surface area contributed by atoms with Crippen molar-refractivity contribution in [3.8, 4) is 0 Å². The highest BCUT2D eigenvalue weighted by Crippen LogP contribution is 2.12. The van der Waals surface area contributed by atoms with E-state index in [2.05, 4.69) is 4.90 Å². The van der Waals surface area contributed by atoms with E-state index in [-0.39, 0.29) is 5.50 Å². The molecule has 0 aromatic rings. The zero-order valence-corrected chi connectivity index (χ0v) is 5.99. The van der Waals surface area contributed by atoms with Gasteiger partial charge in [0.15, 0.2) is 0 Å². The van der Waals surface area contributed by atoms with Crippen molar-refractivity contribution >= 4 is 11.6 Å². The first kappa shape index (κ1) is 6.37. The minimum absolute atomic E-state index is 0.248. The van der Waals surface area contributed by atoms with Crippen LogP contribution in [0.1, 0.15) is 19.8 Å². The molecule has 0 aromatic carbocycles. The molecule has 1 atom stereocenters. The van der Waals surface area contributed by atoms with Crippen LogP contribution in [0.25, 0.3) is 0 Å². The molecular formula is C6H12ClN. The normalized spacial score (nSPS) is 26.2. The fourth-order valence-electron chi connectivity index (χ4n) is 1.10. The van der Waals surface area contributed by atoms with E-state index in [0.717, 1.165) is 0 Å². The second-order valence-corrected chi connectivity index (χ2v) is 2.95. The topological polar surface area (TPSA) is 3.24 Å². The summed E-state index contributed by atoms with van der Waals surface area (Å²) in [6.07, 6.45) is 2.66. The number of alkyl halides is 1. The van der Waals surface area contributed by atoms with Crippen molar-refractivity contribution in [3.63, 3.8) is 0 Å². The fourth-order valence-corrected chi connectivity index (χ4v) is 1.29.